The zero-order chi connectivity index (χ0) is 22.4. The van der Waals surface area contributed by atoms with E-state index in [9.17, 15) is 17.6 Å². The summed E-state index contributed by atoms with van der Waals surface area (Å²) in [5.41, 5.74) is 6.32. The van der Waals surface area contributed by atoms with Crippen molar-refractivity contribution in [2.45, 2.75) is 37.2 Å². The van der Waals surface area contributed by atoms with Gasteiger partial charge in [0.2, 0.25) is 15.9 Å². The Morgan fingerprint density at radius 1 is 1.26 bits per heavy atom. The molecule has 9 heteroatoms. The fourth-order valence-corrected chi connectivity index (χ4v) is 4.09. The van der Waals surface area contributed by atoms with Gasteiger partial charge in [-0.15, -0.1) is 0 Å². The number of halogens is 1. The Kier molecular flexibility index (Phi) is 7.29. The molecule has 3 rings (SSSR count). The van der Waals surface area contributed by atoms with Gasteiger partial charge in [-0.25, -0.2) is 13.1 Å². The molecule has 4 N–H and O–H groups in total. The Morgan fingerprint density at radius 2 is 1.97 bits per heavy atom. The molecule has 0 aromatic heterocycles. The Morgan fingerprint density at radius 3 is 2.61 bits per heavy atom. The molecule has 1 aliphatic carbocycles. The number of benzene rings is 2. The third-order valence-corrected chi connectivity index (χ3v) is 6.43. The highest BCUT2D eigenvalue weighted by molar-refractivity contribution is 7.89. The van der Waals surface area contributed by atoms with Gasteiger partial charge >= 0.3 is 0 Å². The van der Waals surface area contributed by atoms with E-state index < -0.39 is 27.8 Å². The molecule has 2 aromatic carbocycles. The van der Waals surface area contributed by atoms with Gasteiger partial charge in [-0.3, -0.25) is 4.79 Å². The highest BCUT2D eigenvalue weighted by atomic mass is 32.2. The van der Waals surface area contributed by atoms with Gasteiger partial charge in [0.25, 0.3) is 5.91 Å². The van der Waals surface area contributed by atoms with E-state index in [1.165, 1.54) is 25.0 Å². The molecule has 1 aliphatic rings. The van der Waals surface area contributed by atoms with Crippen LogP contribution in [-0.4, -0.2) is 20.9 Å². The molecule has 0 heterocycles. The van der Waals surface area contributed by atoms with Crippen molar-refractivity contribution in [2.24, 2.45) is 11.7 Å². The number of sulfonamides is 1. The summed E-state index contributed by atoms with van der Waals surface area (Å²) in [4.78, 5) is 10.7. The van der Waals surface area contributed by atoms with Gasteiger partial charge in [-0.2, -0.15) is 4.39 Å². The molecule has 0 unspecified atom stereocenters. The fraction of sp³-hybridized carbons (Fsp3) is 0.318. The van der Waals surface area contributed by atoms with Crippen LogP contribution >= 0.6 is 0 Å². The highest BCUT2D eigenvalue weighted by Crippen LogP contribution is 2.30. The van der Waals surface area contributed by atoms with Crippen LogP contribution in [0.3, 0.4) is 0 Å². The second kappa shape index (κ2) is 9.93. The standard InChI is InChI=1S/C22H26FN3O4S/c1-15(18-3-2-4-19(11-18)30-14-17-5-6-17)26-31(28,29)20-9-7-16(8-10-20)12-25-13-21(23)22(24)27/h2-4,7-11,13,15,17,25-26H,5-6,12,14H2,1H3,(H2,24,27)/b21-13+/t15-/m1/s1. The van der Waals surface area contributed by atoms with Gasteiger partial charge in [-0.1, -0.05) is 24.3 Å². The SMILES string of the molecule is C[C@@H](NS(=O)(=O)c1ccc(CN/C=C(/F)C(N)=O)cc1)c1cccc(OCC2CC2)c1. The Labute approximate surface area is 181 Å². The van der Waals surface area contributed by atoms with E-state index in [2.05, 4.69) is 10.0 Å². The summed E-state index contributed by atoms with van der Waals surface area (Å²) in [6.45, 7) is 2.67. The van der Waals surface area contributed by atoms with Gasteiger partial charge in [0.1, 0.15) is 5.75 Å². The predicted molar refractivity (Wildman–Crippen MR) is 115 cm³/mol. The van der Waals surface area contributed by atoms with Gasteiger partial charge < -0.3 is 15.8 Å². The number of hydrogen-bond acceptors (Lipinski definition) is 5. The highest BCUT2D eigenvalue weighted by Gasteiger charge is 2.22. The van der Waals surface area contributed by atoms with Gasteiger partial charge in [-0.05, 0) is 61.1 Å². The second-order valence-electron chi connectivity index (χ2n) is 7.55. The largest absolute Gasteiger partial charge is 0.493 e. The van der Waals surface area contributed by atoms with E-state index in [1.807, 2.05) is 24.3 Å². The number of primary amides is 1. The summed E-state index contributed by atoms with van der Waals surface area (Å²) < 4.78 is 47.0. The van der Waals surface area contributed by atoms with Gasteiger partial charge in [0, 0.05) is 18.8 Å². The topological polar surface area (TPSA) is 111 Å². The summed E-state index contributed by atoms with van der Waals surface area (Å²) in [5, 5.41) is 2.61. The molecule has 0 aliphatic heterocycles. The molecule has 31 heavy (non-hydrogen) atoms. The van der Waals surface area contributed by atoms with Crippen molar-refractivity contribution < 1.29 is 22.3 Å². The van der Waals surface area contributed by atoms with E-state index >= 15 is 0 Å². The Bertz CT molecular complexity index is 1050. The van der Waals surface area contributed by atoms with Crippen molar-refractivity contribution >= 4 is 15.9 Å². The number of rotatable bonds is 11. The van der Waals surface area contributed by atoms with E-state index in [1.54, 1.807) is 19.1 Å². The first-order chi connectivity index (χ1) is 14.7. The smallest absolute Gasteiger partial charge is 0.278 e. The van der Waals surface area contributed by atoms with E-state index in [-0.39, 0.29) is 11.4 Å². The number of ether oxygens (including phenoxy) is 1. The Balaban J connectivity index is 1.60. The monoisotopic (exact) mass is 447 g/mol. The van der Waals surface area contributed by atoms with Crippen LogP contribution in [0.1, 0.15) is 36.9 Å². The van der Waals surface area contributed by atoms with Crippen molar-refractivity contribution in [2.75, 3.05) is 6.61 Å². The predicted octanol–water partition coefficient (Wildman–Crippen LogP) is 2.90. The van der Waals surface area contributed by atoms with Crippen LogP contribution < -0.4 is 20.5 Å². The van der Waals surface area contributed by atoms with E-state index in [4.69, 9.17) is 10.5 Å². The summed E-state index contributed by atoms with van der Waals surface area (Å²) in [5.74, 6) is -0.876. The van der Waals surface area contributed by atoms with Crippen LogP contribution in [0.2, 0.25) is 0 Å². The molecule has 2 aromatic rings. The normalized spacial score (nSPS) is 15.4. The maximum atomic E-state index is 13.0. The van der Waals surface area contributed by atoms with Crippen molar-refractivity contribution in [1.82, 2.24) is 10.0 Å². The first-order valence-electron chi connectivity index (χ1n) is 9.97. The summed E-state index contributed by atoms with van der Waals surface area (Å²) in [6, 6.07) is 13.1. The first-order valence-corrected chi connectivity index (χ1v) is 11.5. The minimum atomic E-state index is -3.74. The summed E-state index contributed by atoms with van der Waals surface area (Å²) in [6.07, 6.45) is 3.27. The van der Waals surface area contributed by atoms with Crippen LogP contribution in [-0.2, 0) is 21.4 Å². The molecule has 0 spiro atoms. The lowest BCUT2D eigenvalue weighted by atomic mass is 10.1. The van der Waals surface area contributed by atoms with Crippen molar-refractivity contribution in [3.8, 4) is 5.75 Å². The summed E-state index contributed by atoms with van der Waals surface area (Å²) in [7, 11) is -3.74. The lowest BCUT2D eigenvalue weighted by Gasteiger charge is -2.16. The van der Waals surface area contributed by atoms with Crippen LogP contribution in [0, 0.1) is 5.92 Å². The number of amides is 1. The Hall–Kier alpha value is -2.91. The third-order valence-electron chi connectivity index (χ3n) is 4.88. The second-order valence-corrected chi connectivity index (χ2v) is 9.27. The van der Waals surface area contributed by atoms with Crippen LogP contribution in [0.4, 0.5) is 4.39 Å². The van der Waals surface area contributed by atoms with E-state index in [0.29, 0.717) is 18.1 Å². The molecule has 7 nitrogen and oxygen atoms in total. The molecule has 0 bridgehead atoms. The zero-order valence-electron chi connectivity index (χ0n) is 17.2. The number of nitrogens with two attached hydrogens (primary N) is 1. The van der Waals surface area contributed by atoms with Crippen molar-refractivity contribution in [3.63, 3.8) is 0 Å². The van der Waals surface area contributed by atoms with Crippen LogP contribution in [0.25, 0.3) is 0 Å². The maximum absolute atomic E-state index is 13.0. The van der Waals surface area contributed by atoms with Crippen molar-refractivity contribution in [3.05, 3.63) is 71.7 Å². The minimum absolute atomic E-state index is 0.114. The molecule has 1 fully saturated rings. The molecule has 0 saturated heterocycles. The molecular formula is C22H26FN3O4S. The molecule has 1 atom stereocenters. The number of nitrogens with one attached hydrogen (secondary N) is 2. The van der Waals surface area contributed by atoms with Crippen molar-refractivity contribution in [1.29, 1.82) is 0 Å². The summed E-state index contributed by atoms with van der Waals surface area (Å²) >= 11 is 0. The molecular weight excluding hydrogens is 421 g/mol. The lowest BCUT2D eigenvalue weighted by molar-refractivity contribution is -0.115. The molecule has 1 amide bonds. The fourth-order valence-electron chi connectivity index (χ4n) is 2.86. The van der Waals surface area contributed by atoms with Crippen LogP contribution in [0.5, 0.6) is 5.75 Å². The average molecular weight is 448 g/mol. The van der Waals surface area contributed by atoms with E-state index in [0.717, 1.165) is 17.5 Å². The number of carbonyl (C=O) groups excluding carboxylic acids is 1. The first kappa shape index (κ1) is 22.8. The number of carbonyl (C=O) groups is 1. The van der Waals surface area contributed by atoms with Gasteiger partial charge in [0.05, 0.1) is 11.5 Å². The minimum Gasteiger partial charge on any atom is -0.493 e. The molecule has 1 saturated carbocycles. The van der Waals surface area contributed by atoms with Gasteiger partial charge in [0.15, 0.2) is 0 Å². The third kappa shape index (κ3) is 6.80. The van der Waals surface area contributed by atoms with Crippen LogP contribution in [0.15, 0.2) is 65.5 Å². The molecule has 166 valence electrons. The lowest BCUT2D eigenvalue weighted by Crippen LogP contribution is -2.27. The maximum Gasteiger partial charge on any atom is 0.278 e. The zero-order valence-corrected chi connectivity index (χ0v) is 18.0. The molecule has 0 radical (unpaired) electrons. The number of hydrogen-bond donors (Lipinski definition) is 3. The quantitative estimate of drug-likeness (QED) is 0.459. The average Bonchev–Trinajstić information content (AvgIpc) is 3.57.